The van der Waals surface area contributed by atoms with Gasteiger partial charge in [-0.2, -0.15) is 0 Å². The van der Waals surface area contributed by atoms with Crippen LogP contribution in [-0.4, -0.2) is 0 Å². The van der Waals surface area contributed by atoms with Crippen molar-refractivity contribution in [2.24, 2.45) is 0 Å². The van der Waals surface area contributed by atoms with E-state index in [0.29, 0.717) is 0 Å². The van der Waals surface area contributed by atoms with Crippen molar-refractivity contribution in [1.82, 2.24) is 0 Å². The summed E-state index contributed by atoms with van der Waals surface area (Å²) < 4.78 is 0. The molecule has 0 amide bonds. The number of benzene rings is 2. The number of hydrogen-bond donors (Lipinski definition) is 0. The third-order valence-corrected chi connectivity index (χ3v) is 4.36. The minimum absolute atomic E-state index is 0.222. The number of rotatable bonds is 2. The Morgan fingerprint density at radius 3 is 2.29 bits per heavy atom. The number of alkyl halides is 1. The topological polar surface area (TPSA) is 0 Å². The third kappa shape index (κ3) is 2.72. The molecule has 1 unspecified atom stereocenters. The van der Waals surface area contributed by atoms with Crippen LogP contribution in [0.25, 0.3) is 0 Å². The summed E-state index contributed by atoms with van der Waals surface area (Å²) in [6.07, 6.45) is 0. The molecule has 0 nitrogen and oxygen atoms in total. The van der Waals surface area contributed by atoms with Gasteiger partial charge in [0.2, 0.25) is 0 Å². The van der Waals surface area contributed by atoms with Gasteiger partial charge in [-0.25, -0.2) is 0 Å². The summed E-state index contributed by atoms with van der Waals surface area (Å²) >= 11 is 9.66. The molecular formula is C15H14BrCl. The molecule has 2 aromatic rings. The Balaban J connectivity index is 2.40. The first-order valence-electron chi connectivity index (χ1n) is 5.55. The van der Waals surface area contributed by atoms with Crippen LogP contribution in [0.15, 0.2) is 42.5 Å². The molecule has 0 fully saturated rings. The van der Waals surface area contributed by atoms with Gasteiger partial charge in [0.25, 0.3) is 0 Å². The second-order valence-electron chi connectivity index (χ2n) is 4.20. The molecule has 0 saturated carbocycles. The van der Waals surface area contributed by atoms with E-state index in [2.05, 4.69) is 60.1 Å². The smallest absolute Gasteiger partial charge is 0.0647 e. The van der Waals surface area contributed by atoms with Crippen molar-refractivity contribution in [2.75, 3.05) is 0 Å². The molecule has 0 radical (unpaired) electrons. The van der Waals surface area contributed by atoms with Gasteiger partial charge in [-0.1, -0.05) is 57.9 Å². The molecule has 17 heavy (non-hydrogen) atoms. The van der Waals surface area contributed by atoms with Crippen LogP contribution in [0.1, 0.15) is 27.1 Å². The van der Waals surface area contributed by atoms with E-state index in [4.69, 9.17) is 11.6 Å². The van der Waals surface area contributed by atoms with E-state index in [1.54, 1.807) is 0 Å². The van der Waals surface area contributed by atoms with Gasteiger partial charge in [0.05, 0.1) is 4.83 Å². The van der Waals surface area contributed by atoms with E-state index < -0.39 is 0 Å². The molecule has 0 heterocycles. The van der Waals surface area contributed by atoms with Crippen LogP contribution in [0.2, 0.25) is 5.02 Å². The quantitative estimate of drug-likeness (QED) is 0.648. The molecular weight excluding hydrogens is 296 g/mol. The summed E-state index contributed by atoms with van der Waals surface area (Å²) in [6.45, 7) is 4.30. The highest BCUT2D eigenvalue weighted by atomic mass is 79.9. The monoisotopic (exact) mass is 308 g/mol. The van der Waals surface area contributed by atoms with Crippen LogP contribution in [-0.2, 0) is 0 Å². The first-order valence-corrected chi connectivity index (χ1v) is 6.84. The molecule has 0 spiro atoms. The van der Waals surface area contributed by atoms with Crippen LogP contribution in [0.4, 0.5) is 0 Å². The van der Waals surface area contributed by atoms with E-state index in [0.717, 1.165) is 5.02 Å². The van der Waals surface area contributed by atoms with Crippen LogP contribution in [0, 0.1) is 13.8 Å². The van der Waals surface area contributed by atoms with Crippen LogP contribution < -0.4 is 0 Å². The number of hydrogen-bond acceptors (Lipinski definition) is 0. The highest BCUT2D eigenvalue weighted by molar-refractivity contribution is 9.09. The summed E-state index contributed by atoms with van der Waals surface area (Å²) in [7, 11) is 0. The molecule has 0 saturated heterocycles. The lowest BCUT2D eigenvalue weighted by molar-refractivity contribution is 1.13. The van der Waals surface area contributed by atoms with Crippen molar-refractivity contribution >= 4 is 27.5 Å². The molecule has 0 aromatic heterocycles. The molecule has 0 N–H and O–H groups in total. The predicted octanol–water partition coefficient (Wildman–Crippen LogP) is 5.44. The second kappa shape index (κ2) is 5.24. The standard InChI is InChI=1S/C15H14BrCl/c1-10-4-3-5-14(11(10)2)15(16)12-6-8-13(17)9-7-12/h3-9,15H,1-2H3. The first kappa shape index (κ1) is 12.7. The maximum Gasteiger partial charge on any atom is 0.0647 e. The Labute approximate surface area is 116 Å². The van der Waals surface area contributed by atoms with Gasteiger partial charge >= 0.3 is 0 Å². The van der Waals surface area contributed by atoms with Crippen LogP contribution >= 0.6 is 27.5 Å². The maximum atomic E-state index is 5.90. The van der Waals surface area contributed by atoms with Crippen LogP contribution in [0.3, 0.4) is 0 Å². The lowest BCUT2D eigenvalue weighted by Crippen LogP contribution is -1.97. The van der Waals surface area contributed by atoms with E-state index in [1.807, 2.05) is 12.1 Å². The summed E-state index contributed by atoms with van der Waals surface area (Å²) in [5.74, 6) is 0. The molecule has 2 heteroatoms. The van der Waals surface area contributed by atoms with Gasteiger partial charge in [-0.15, -0.1) is 0 Å². The van der Waals surface area contributed by atoms with E-state index in [-0.39, 0.29) is 4.83 Å². The van der Waals surface area contributed by atoms with Gasteiger partial charge in [0.15, 0.2) is 0 Å². The van der Waals surface area contributed by atoms with Gasteiger partial charge in [-0.3, -0.25) is 0 Å². The fraction of sp³-hybridized carbons (Fsp3) is 0.200. The average molecular weight is 310 g/mol. The van der Waals surface area contributed by atoms with Gasteiger partial charge in [0.1, 0.15) is 0 Å². The molecule has 2 aromatic carbocycles. The van der Waals surface area contributed by atoms with Crippen molar-refractivity contribution in [3.63, 3.8) is 0 Å². The molecule has 0 bridgehead atoms. The highest BCUT2D eigenvalue weighted by Crippen LogP contribution is 2.34. The normalized spacial score (nSPS) is 12.5. The van der Waals surface area contributed by atoms with Gasteiger partial charge < -0.3 is 0 Å². The number of halogens is 2. The zero-order valence-corrected chi connectivity index (χ0v) is 12.2. The molecule has 0 aliphatic carbocycles. The van der Waals surface area contributed by atoms with E-state index in [1.165, 1.54) is 22.3 Å². The third-order valence-electron chi connectivity index (χ3n) is 3.08. The highest BCUT2D eigenvalue weighted by Gasteiger charge is 2.13. The van der Waals surface area contributed by atoms with Crippen LogP contribution in [0.5, 0.6) is 0 Å². The van der Waals surface area contributed by atoms with Crippen molar-refractivity contribution in [3.05, 3.63) is 69.7 Å². The summed E-state index contributed by atoms with van der Waals surface area (Å²) in [6, 6.07) is 14.4. The second-order valence-corrected chi connectivity index (χ2v) is 5.56. The SMILES string of the molecule is Cc1cccc(C(Br)c2ccc(Cl)cc2)c1C. The lowest BCUT2D eigenvalue weighted by atomic mass is 9.97. The Kier molecular flexibility index (Phi) is 3.90. The van der Waals surface area contributed by atoms with Gasteiger partial charge in [0, 0.05) is 5.02 Å². The molecule has 88 valence electrons. The van der Waals surface area contributed by atoms with E-state index in [9.17, 15) is 0 Å². The lowest BCUT2D eigenvalue weighted by Gasteiger charge is -2.15. The van der Waals surface area contributed by atoms with Crippen molar-refractivity contribution in [2.45, 2.75) is 18.7 Å². The summed E-state index contributed by atoms with van der Waals surface area (Å²) in [5, 5.41) is 0.773. The Hall–Kier alpha value is -0.790. The summed E-state index contributed by atoms with van der Waals surface area (Å²) in [4.78, 5) is 0.222. The zero-order valence-electron chi connectivity index (χ0n) is 9.87. The fourth-order valence-corrected chi connectivity index (χ4v) is 2.79. The van der Waals surface area contributed by atoms with Crippen molar-refractivity contribution < 1.29 is 0 Å². The Bertz CT molecular complexity index is 517. The molecule has 1 atom stereocenters. The minimum atomic E-state index is 0.222. The molecule has 2 rings (SSSR count). The molecule has 0 aliphatic rings. The summed E-state index contributed by atoms with van der Waals surface area (Å²) in [5.41, 5.74) is 5.20. The predicted molar refractivity (Wildman–Crippen MR) is 78.1 cm³/mol. The minimum Gasteiger partial charge on any atom is -0.0843 e. The average Bonchev–Trinajstić information content (AvgIpc) is 2.33. The van der Waals surface area contributed by atoms with Crippen molar-refractivity contribution in [1.29, 1.82) is 0 Å². The zero-order chi connectivity index (χ0) is 12.4. The Morgan fingerprint density at radius 2 is 1.65 bits per heavy atom. The first-order chi connectivity index (χ1) is 8.09. The molecule has 0 aliphatic heterocycles. The van der Waals surface area contributed by atoms with E-state index >= 15 is 0 Å². The number of aryl methyl sites for hydroxylation is 1. The fourth-order valence-electron chi connectivity index (χ4n) is 1.86. The Morgan fingerprint density at radius 1 is 1.00 bits per heavy atom. The van der Waals surface area contributed by atoms with Gasteiger partial charge in [-0.05, 0) is 48.2 Å². The maximum absolute atomic E-state index is 5.90. The van der Waals surface area contributed by atoms with Crippen molar-refractivity contribution in [3.8, 4) is 0 Å². The largest absolute Gasteiger partial charge is 0.0843 e.